The molecule has 0 aliphatic carbocycles. The number of rotatable bonds is 15. The van der Waals surface area contributed by atoms with Gasteiger partial charge >= 0.3 is 0 Å². The summed E-state index contributed by atoms with van der Waals surface area (Å²) in [5.41, 5.74) is 14.7. The van der Waals surface area contributed by atoms with Crippen molar-refractivity contribution in [3.63, 3.8) is 0 Å². The smallest absolute Gasteiger partial charge is 0.243 e. The molecule has 0 saturated heterocycles. The summed E-state index contributed by atoms with van der Waals surface area (Å²) in [7, 11) is 2.02. The Bertz CT molecular complexity index is 839. The molecule has 0 radical (unpaired) electrons. The van der Waals surface area contributed by atoms with Gasteiger partial charge in [0.15, 0.2) is 5.96 Å². The summed E-state index contributed by atoms with van der Waals surface area (Å²) >= 11 is 0. The molecule has 7 heteroatoms. The highest BCUT2D eigenvalue weighted by Gasteiger charge is 2.10. The number of allylic oxidation sites excluding steroid dienone is 5. The van der Waals surface area contributed by atoms with Crippen molar-refractivity contribution in [3.05, 3.63) is 53.7 Å². The Balaban J connectivity index is 2.29. The molecule has 1 aromatic rings. The second kappa shape index (κ2) is 15.9. The van der Waals surface area contributed by atoms with Gasteiger partial charge in [-0.25, -0.2) is 9.13 Å². The number of hydrogen-bond acceptors (Lipinski definition) is 2. The Morgan fingerprint density at radius 3 is 2.70 bits per heavy atom. The van der Waals surface area contributed by atoms with E-state index in [9.17, 15) is 4.79 Å². The predicted molar refractivity (Wildman–Crippen MR) is 138 cm³/mol. The number of amides is 1. The summed E-state index contributed by atoms with van der Waals surface area (Å²) in [6.07, 6.45) is 18.4. The Labute approximate surface area is 200 Å². The summed E-state index contributed by atoms with van der Waals surface area (Å²) in [6.45, 7) is 10.7. The molecule has 7 nitrogen and oxygen atoms in total. The lowest BCUT2D eigenvalue weighted by Crippen LogP contribution is -2.31. The van der Waals surface area contributed by atoms with Gasteiger partial charge in [-0.15, -0.1) is 0 Å². The first kappa shape index (κ1) is 28.2. The molecule has 1 atom stereocenters. The lowest BCUT2D eigenvalue weighted by Gasteiger charge is -2.05. The molecule has 184 valence electrons. The summed E-state index contributed by atoms with van der Waals surface area (Å²) < 4.78 is 4.21. The molecule has 0 aliphatic rings. The van der Waals surface area contributed by atoms with Crippen LogP contribution in [-0.2, 0) is 24.8 Å². The molecule has 1 rings (SSSR count). The minimum Gasteiger partial charge on any atom is -0.370 e. The van der Waals surface area contributed by atoms with E-state index in [-0.39, 0.29) is 11.9 Å². The molecular formula is C26H45N6O+. The van der Waals surface area contributed by atoms with Gasteiger partial charge in [-0.05, 0) is 58.4 Å². The summed E-state index contributed by atoms with van der Waals surface area (Å²) in [4.78, 5) is 16.2. The third-order valence-corrected chi connectivity index (χ3v) is 5.42. The number of aromatic nitrogens is 2. The van der Waals surface area contributed by atoms with Crippen LogP contribution in [0, 0.1) is 5.92 Å². The van der Waals surface area contributed by atoms with Crippen LogP contribution in [0.15, 0.2) is 53.0 Å². The highest BCUT2D eigenvalue weighted by atomic mass is 16.1. The van der Waals surface area contributed by atoms with E-state index in [0.717, 1.165) is 45.1 Å². The molecule has 0 aromatic carbocycles. The number of aryl methyl sites for hydroxylation is 2. The fourth-order valence-corrected chi connectivity index (χ4v) is 3.44. The van der Waals surface area contributed by atoms with Gasteiger partial charge in [0.25, 0.3) is 0 Å². The molecule has 0 fully saturated rings. The monoisotopic (exact) mass is 457 g/mol. The van der Waals surface area contributed by atoms with Crippen LogP contribution in [0.2, 0.25) is 0 Å². The SMILES string of the molecule is CC(C)=CCC/C(C)=C/CCC(C)/C=C/C(=O)NCCc1c[n+](CCCN=C(N)N)cn1C. The third-order valence-electron chi connectivity index (χ3n) is 5.42. The molecule has 0 aliphatic heterocycles. The van der Waals surface area contributed by atoms with Gasteiger partial charge in [-0.2, -0.15) is 0 Å². The van der Waals surface area contributed by atoms with Gasteiger partial charge in [-0.1, -0.05) is 36.3 Å². The Hall–Kier alpha value is -2.83. The van der Waals surface area contributed by atoms with Gasteiger partial charge < -0.3 is 16.8 Å². The number of aliphatic imine (C=N–C) groups is 1. The van der Waals surface area contributed by atoms with E-state index in [0.29, 0.717) is 19.0 Å². The van der Waals surface area contributed by atoms with Gasteiger partial charge in [0.2, 0.25) is 12.2 Å². The molecule has 0 bridgehead atoms. The van der Waals surface area contributed by atoms with E-state index >= 15 is 0 Å². The maximum Gasteiger partial charge on any atom is 0.243 e. The van der Waals surface area contributed by atoms with Gasteiger partial charge in [0.1, 0.15) is 11.9 Å². The summed E-state index contributed by atoms with van der Waals surface area (Å²) in [5, 5.41) is 2.98. The van der Waals surface area contributed by atoms with Crippen LogP contribution >= 0.6 is 0 Å². The molecule has 0 saturated carbocycles. The molecule has 1 amide bonds. The number of carbonyl (C=O) groups excluding carboxylic acids is 1. The van der Waals surface area contributed by atoms with Crippen molar-refractivity contribution in [2.45, 2.75) is 72.8 Å². The zero-order valence-corrected chi connectivity index (χ0v) is 21.3. The first-order valence-electron chi connectivity index (χ1n) is 12.0. The fraction of sp³-hybridized carbons (Fsp3) is 0.577. The number of imidazole rings is 1. The lowest BCUT2D eigenvalue weighted by molar-refractivity contribution is -0.696. The average molecular weight is 458 g/mol. The van der Waals surface area contributed by atoms with Gasteiger partial charge in [-0.3, -0.25) is 9.79 Å². The van der Waals surface area contributed by atoms with Crippen LogP contribution in [0.3, 0.4) is 0 Å². The number of guanidine groups is 1. The van der Waals surface area contributed by atoms with E-state index in [4.69, 9.17) is 11.5 Å². The zero-order chi connectivity index (χ0) is 24.6. The fourth-order valence-electron chi connectivity index (χ4n) is 3.44. The van der Waals surface area contributed by atoms with E-state index < -0.39 is 0 Å². The molecule has 1 aromatic heterocycles. The zero-order valence-electron chi connectivity index (χ0n) is 21.3. The standard InChI is InChI=1S/C26H44N6O/c1-21(2)9-6-10-22(3)11-7-12-23(4)13-14-25(33)29-17-15-24-19-32(20-31(24)5)18-8-16-30-26(27)28/h9,11,13-14,19-20,23H,6-8,10,12,15-18H2,1-5H3,(H4-,27,28,29,30,33)/p+1/b14-13+,22-11+. The summed E-state index contributed by atoms with van der Waals surface area (Å²) in [6, 6.07) is 0. The van der Waals surface area contributed by atoms with Crippen LogP contribution in [0.1, 0.15) is 65.5 Å². The van der Waals surface area contributed by atoms with Gasteiger partial charge in [0.05, 0.1) is 13.6 Å². The largest absolute Gasteiger partial charge is 0.370 e. The molecule has 1 unspecified atom stereocenters. The van der Waals surface area contributed by atoms with E-state index in [1.165, 1.54) is 16.8 Å². The Morgan fingerprint density at radius 1 is 1.24 bits per heavy atom. The third kappa shape index (κ3) is 14.0. The van der Waals surface area contributed by atoms with Crippen molar-refractivity contribution in [3.8, 4) is 0 Å². The maximum atomic E-state index is 12.2. The highest BCUT2D eigenvalue weighted by Crippen LogP contribution is 2.12. The second-order valence-electron chi connectivity index (χ2n) is 9.07. The topological polar surface area (TPSA) is 102 Å². The van der Waals surface area contributed by atoms with Gasteiger partial charge in [0, 0.05) is 25.9 Å². The van der Waals surface area contributed by atoms with Crippen molar-refractivity contribution in [1.29, 1.82) is 0 Å². The summed E-state index contributed by atoms with van der Waals surface area (Å²) in [5.74, 6) is 0.476. The lowest BCUT2D eigenvalue weighted by atomic mass is 10.0. The van der Waals surface area contributed by atoms with Crippen molar-refractivity contribution in [2.75, 3.05) is 13.1 Å². The minimum absolute atomic E-state index is 0.0328. The minimum atomic E-state index is -0.0328. The molecule has 1 heterocycles. The molecule has 5 N–H and O–H groups in total. The number of nitrogens with zero attached hydrogens (tertiary/aromatic N) is 3. The number of nitrogens with two attached hydrogens (primary N) is 2. The van der Waals surface area contributed by atoms with Crippen LogP contribution in [0.4, 0.5) is 0 Å². The molecular weight excluding hydrogens is 412 g/mol. The van der Waals surface area contributed by atoms with Crippen LogP contribution in [-0.4, -0.2) is 29.5 Å². The molecule has 33 heavy (non-hydrogen) atoms. The Morgan fingerprint density at radius 2 is 2.00 bits per heavy atom. The van der Waals surface area contributed by atoms with E-state index in [2.05, 4.69) is 65.5 Å². The quantitative estimate of drug-likeness (QED) is 0.0940. The number of hydrogen-bond donors (Lipinski definition) is 3. The normalized spacial score (nSPS) is 12.6. The maximum absolute atomic E-state index is 12.2. The average Bonchev–Trinajstić information content (AvgIpc) is 3.08. The van der Waals surface area contributed by atoms with Crippen molar-refractivity contribution in [1.82, 2.24) is 9.88 Å². The van der Waals surface area contributed by atoms with E-state index in [1.54, 1.807) is 6.08 Å². The van der Waals surface area contributed by atoms with Crippen molar-refractivity contribution in [2.24, 2.45) is 29.4 Å². The van der Waals surface area contributed by atoms with Crippen LogP contribution in [0.25, 0.3) is 0 Å². The second-order valence-corrected chi connectivity index (χ2v) is 9.07. The number of carbonyl (C=O) groups is 1. The van der Waals surface area contributed by atoms with Crippen molar-refractivity contribution >= 4 is 11.9 Å². The Kier molecular flexibility index (Phi) is 13.6. The molecule has 0 spiro atoms. The first-order valence-corrected chi connectivity index (χ1v) is 12.0. The van der Waals surface area contributed by atoms with E-state index in [1.807, 2.05) is 19.5 Å². The van der Waals surface area contributed by atoms with Crippen molar-refractivity contribution < 1.29 is 9.36 Å². The highest BCUT2D eigenvalue weighted by molar-refractivity contribution is 5.87. The number of nitrogens with one attached hydrogen (secondary N) is 1. The predicted octanol–water partition coefficient (Wildman–Crippen LogP) is 3.30. The van der Waals surface area contributed by atoms with Crippen LogP contribution < -0.4 is 21.4 Å². The van der Waals surface area contributed by atoms with Crippen LogP contribution in [0.5, 0.6) is 0 Å². The first-order chi connectivity index (χ1) is 15.7.